The third-order valence-electron chi connectivity index (χ3n) is 5.11. The number of hydrogen-bond donors (Lipinski definition) is 1. The molecule has 5 heteroatoms. The van der Waals surface area contributed by atoms with Crippen LogP contribution in [0.1, 0.15) is 66.7 Å². The molecule has 2 aromatic rings. The third-order valence-corrected chi connectivity index (χ3v) is 5.11. The van der Waals surface area contributed by atoms with Gasteiger partial charge in [0.1, 0.15) is 0 Å². The summed E-state index contributed by atoms with van der Waals surface area (Å²) in [5.74, 6) is -0.782. The molecule has 2 atom stereocenters. The zero-order valence-electron chi connectivity index (χ0n) is 17.3. The summed E-state index contributed by atoms with van der Waals surface area (Å²) in [5.41, 5.74) is 3.83. The van der Waals surface area contributed by atoms with E-state index in [4.69, 9.17) is 9.47 Å². The standard InChI is InChI=1S/C24H29NO4/c1-16(2)28-15-18-11-13-20(14-12-18)24(27)29-17(3)23(26)25-22-10-6-8-19-7-4-5-9-21(19)22/h4-5,7,9,11-14,16-17,22H,6,8,10,15H2,1-3H3,(H,25,26)/t17-,22+/m1/s1. The highest BCUT2D eigenvalue weighted by Gasteiger charge is 2.25. The Kier molecular flexibility index (Phi) is 7.04. The van der Waals surface area contributed by atoms with Gasteiger partial charge in [0.15, 0.2) is 6.10 Å². The summed E-state index contributed by atoms with van der Waals surface area (Å²) >= 11 is 0. The summed E-state index contributed by atoms with van der Waals surface area (Å²) in [5, 5.41) is 3.04. The van der Waals surface area contributed by atoms with Gasteiger partial charge in [-0.3, -0.25) is 4.79 Å². The van der Waals surface area contributed by atoms with E-state index in [0.29, 0.717) is 12.2 Å². The number of carbonyl (C=O) groups is 2. The molecule has 0 saturated heterocycles. The molecule has 0 heterocycles. The first-order chi connectivity index (χ1) is 13.9. The fraction of sp³-hybridized carbons (Fsp3) is 0.417. The molecular weight excluding hydrogens is 366 g/mol. The van der Waals surface area contributed by atoms with E-state index in [-0.39, 0.29) is 18.1 Å². The molecule has 0 spiro atoms. The second kappa shape index (κ2) is 9.70. The van der Waals surface area contributed by atoms with Gasteiger partial charge in [-0.05, 0) is 68.9 Å². The highest BCUT2D eigenvalue weighted by molar-refractivity contribution is 5.92. The predicted octanol–water partition coefficient (Wildman–Crippen LogP) is 4.35. The lowest BCUT2D eigenvalue weighted by Crippen LogP contribution is -2.39. The number of fused-ring (bicyclic) bond motifs is 1. The lowest BCUT2D eigenvalue weighted by Gasteiger charge is -2.27. The van der Waals surface area contributed by atoms with Crippen molar-refractivity contribution in [1.82, 2.24) is 5.32 Å². The summed E-state index contributed by atoms with van der Waals surface area (Å²) in [6, 6.07) is 15.2. The van der Waals surface area contributed by atoms with E-state index >= 15 is 0 Å². The van der Waals surface area contributed by atoms with Gasteiger partial charge in [-0.15, -0.1) is 0 Å². The molecule has 0 unspecified atom stereocenters. The minimum absolute atomic E-state index is 0.0335. The van der Waals surface area contributed by atoms with Gasteiger partial charge in [-0.25, -0.2) is 4.79 Å². The first-order valence-corrected chi connectivity index (χ1v) is 10.2. The van der Waals surface area contributed by atoms with Gasteiger partial charge in [0.25, 0.3) is 5.91 Å². The first-order valence-electron chi connectivity index (χ1n) is 10.2. The number of aryl methyl sites for hydroxylation is 1. The zero-order chi connectivity index (χ0) is 20.8. The molecule has 154 valence electrons. The van der Waals surface area contributed by atoms with Gasteiger partial charge in [0, 0.05) is 0 Å². The molecule has 1 aliphatic carbocycles. The molecule has 0 radical (unpaired) electrons. The maximum Gasteiger partial charge on any atom is 0.338 e. The normalized spacial score (nSPS) is 16.8. The van der Waals surface area contributed by atoms with Gasteiger partial charge in [-0.1, -0.05) is 36.4 Å². The van der Waals surface area contributed by atoms with Gasteiger partial charge < -0.3 is 14.8 Å². The Morgan fingerprint density at radius 2 is 1.79 bits per heavy atom. The van der Waals surface area contributed by atoms with Crippen molar-refractivity contribution >= 4 is 11.9 Å². The summed E-state index contributed by atoms with van der Waals surface area (Å²) in [6.45, 7) is 6.05. The number of hydrogen-bond acceptors (Lipinski definition) is 4. The number of nitrogens with one attached hydrogen (secondary N) is 1. The topological polar surface area (TPSA) is 64.6 Å². The van der Waals surface area contributed by atoms with E-state index in [0.717, 1.165) is 30.4 Å². The minimum atomic E-state index is -0.861. The van der Waals surface area contributed by atoms with Crippen molar-refractivity contribution < 1.29 is 19.1 Å². The molecule has 0 fully saturated rings. The monoisotopic (exact) mass is 395 g/mol. The van der Waals surface area contributed by atoms with Crippen molar-refractivity contribution in [3.8, 4) is 0 Å². The maximum absolute atomic E-state index is 12.6. The van der Waals surface area contributed by atoms with Crippen LogP contribution >= 0.6 is 0 Å². The summed E-state index contributed by atoms with van der Waals surface area (Å²) < 4.78 is 10.9. The van der Waals surface area contributed by atoms with E-state index in [2.05, 4.69) is 17.4 Å². The predicted molar refractivity (Wildman–Crippen MR) is 112 cm³/mol. The van der Waals surface area contributed by atoms with E-state index in [1.165, 1.54) is 5.56 Å². The lowest BCUT2D eigenvalue weighted by atomic mass is 9.87. The summed E-state index contributed by atoms with van der Waals surface area (Å²) in [4.78, 5) is 25.0. The molecular formula is C24H29NO4. The molecule has 1 amide bonds. The lowest BCUT2D eigenvalue weighted by molar-refractivity contribution is -0.130. The molecule has 5 nitrogen and oxygen atoms in total. The average molecular weight is 395 g/mol. The fourth-order valence-electron chi connectivity index (χ4n) is 3.48. The van der Waals surface area contributed by atoms with Crippen LogP contribution in [-0.4, -0.2) is 24.1 Å². The van der Waals surface area contributed by atoms with Crippen LogP contribution in [0.3, 0.4) is 0 Å². The Hall–Kier alpha value is -2.66. The highest BCUT2D eigenvalue weighted by Crippen LogP contribution is 2.29. The van der Waals surface area contributed by atoms with Crippen molar-refractivity contribution in [2.24, 2.45) is 0 Å². The van der Waals surface area contributed by atoms with Crippen LogP contribution in [0.5, 0.6) is 0 Å². The Morgan fingerprint density at radius 1 is 1.07 bits per heavy atom. The van der Waals surface area contributed by atoms with E-state index in [1.807, 2.05) is 38.1 Å². The van der Waals surface area contributed by atoms with Crippen LogP contribution in [0, 0.1) is 0 Å². The average Bonchev–Trinajstić information content (AvgIpc) is 2.72. The molecule has 1 N–H and O–H groups in total. The molecule has 0 aliphatic heterocycles. The van der Waals surface area contributed by atoms with Crippen molar-refractivity contribution in [2.45, 2.75) is 64.9 Å². The molecule has 0 saturated carbocycles. The molecule has 0 bridgehead atoms. The Bertz CT molecular complexity index is 844. The zero-order valence-corrected chi connectivity index (χ0v) is 17.3. The Balaban J connectivity index is 1.55. The van der Waals surface area contributed by atoms with Crippen molar-refractivity contribution in [3.05, 3.63) is 70.8 Å². The quantitative estimate of drug-likeness (QED) is 0.708. The van der Waals surface area contributed by atoms with E-state index < -0.39 is 12.1 Å². The molecule has 1 aliphatic rings. The van der Waals surface area contributed by atoms with Crippen LogP contribution in [0.4, 0.5) is 0 Å². The SMILES string of the molecule is CC(C)OCc1ccc(C(=O)O[C@H](C)C(=O)N[C@H]2CCCc3ccccc32)cc1. The minimum Gasteiger partial charge on any atom is -0.449 e. The van der Waals surface area contributed by atoms with Gasteiger partial charge >= 0.3 is 5.97 Å². The van der Waals surface area contributed by atoms with Gasteiger partial charge in [0.2, 0.25) is 0 Å². The van der Waals surface area contributed by atoms with Gasteiger partial charge in [0.05, 0.1) is 24.3 Å². The van der Waals surface area contributed by atoms with Crippen molar-refractivity contribution in [2.75, 3.05) is 0 Å². The number of ether oxygens (including phenoxy) is 2. The second-order valence-corrected chi connectivity index (χ2v) is 7.76. The molecule has 29 heavy (non-hydrogen) atoms. The first kappa shape index (κ1) is 21.1. The number of benzene rings is 2. The summed E-state index contributed by atoms with van der Waals surface area (Å²) in [7, 11) is 0. The van der Waals surface area contributed by atoms with Crippen LogP contribution in [-0.2, 0) is 27.3 Å². The Labute approximate surface area is 172 Å². The molecule has 3 rings (SSSR count). The Morgan fingerprint density at radius 3 is 2.52 bits per heavy atom. The van der Waals surface area contributed by atoms with Crippen LogP contribution in [0.15, 0.2) is 48.5 Å². The van der Waals surface area contributed by atoms with E-state index in [9.17, 15) is 9.59 Å². The van der Waals surface area contributed by atoms with E-state index in [1.54, 1.807) is 19.1 Å². The van der Waals surface area contributed by atoms with Crippen molar-refractivity contribution in [1.29, 1.82) is 0 Å². The highest BCUT2D eigenvalue weighted by atomic mass is 16.5. The third kappa shape index (κ3) is 5.67. The maximum atomic E-state index is 12.6. The molecule has 0 aromatic heterocycles. The number of rotatable bonds is 7. The molecule has 2 aromatic carbocycles. The van der Waals surface area contributed by atoms with Crippen molar-refractivity contribution in [3.63, 3.8) is 0 Å². The number of amides is 1. The summed E-state index contributed by atoms with van der Waals surface area (Å²) in [6.07, 6.45) is 2.24. The van der Waals surface area contributed by atoms with Gasteiger partial charge in [-0.2, -0.15) is 0 Å². The fourth-order valence-corrected chi connectivity index (χ4v) is 3.48. The largest absolute Gasteiger partial charge is 0.449 e. The number of esters is 1. The van der Waals surface area contributed by atoms with Crippen LogP contribution in [0.2, 0.25) is 0 Å². The smallest absolute Gasteiger partial charge is 0.338 e. The van der Waals surface area contributed by atoms with Crippen LogP contribution < -0.4 is 5.32 Å². The second-order valence-electron chi connectivity index (χ2n) is 7.76. The number of carbonyl (C=O) groups excluding carboxylic acids is 2. The van der Waals surface area contributed by atoms with Crippen LogP contribution in [0.25, 0.3) is 0 Å².